The normalized spacial score (nSPS) is 14.2. The molecular weight excluding hydrogens is 449 g/mol. The van der Waals surface area contributed by atoms with Crippen LogP contribution in [0.4, 0.5) is 4.39 Å². The van der Waals surface area contributed by atoms with E-state index in [1.807, 2.05) is 18.2 Å². The molecule has 0 unspecified atom stereocenters. The van der Waals surface area contributed by atoms with E-state index >= 15 is 0 Å². The number of rotatable bonds is 8. The van der Waals surface area contributed by atoms with Crippen LogP contribution in [0.3, 0.4) is 0 Å². The number of hydrogen-bond acceptors (Lipinski definition) is 6. The van der Waals surface area contributed by atoms with E-state index in [4.69, 9.17) is 14.2 Å². The topological polar surface area (TPSA) is 64.1 Å². The van der Waals surface area contributed by atoms with Crippen LogP contribution >= 0.6 is 0 Å². The Morgan fingerprint density at radius 1 is 1.00 bits per heavy atom. The first-order chi connectivity index (χ1) is 17.1. The smallest absolute Gasteiger partial charge is 0.246 e. The third-order valence-electron chi connectivity index (χ3n) is 5.80. The largest absolute Gasteiger partial charge is 0.497 e. The van der Waals surface area contributed by atoms with Crippen molar-refractivity contribution in [3.8, 4) is 23.0 Å². The van der Waals surface area contributed by atoms with Gasteiger partial charge in [0.25, 0.3) is 0 Å². The van der Waals surface area contributed by atoms with E-state index in [-0.39, 0.29) is 11.7 Å². The van der Waals surface area contributed by atoms with Crippen molar-refractivity contribution >= 4 is 12.0 Å². The number of amides is 1. The SMILES string of the molecule is COc1ccc(OC)c(CN2CCN(C(=O)/C=C/c3ccc(Oc4cccnc4)c(F)c3)CC2)c1. The molecule has 1 fully saturated rings. The van der Waals surface area contributed by atoms with Crippen molar-refractivity contribution < 1.29 is 23.4 Å². The van der Waals surface area contributed by atoms with Gasteiger partial charge in [0.2, 0.25) is 5.91 Å². The molecule has 1 aliphatic rings. The summed E-state index contributed by atoms with van der Waals surface area (Å²) >= 11 is 0. The fourth-order valence-corrected chi connectivity index (χ4v) is 3.88. The Bertz CT molecular complexity index is 1180. The van der Waals surface area contributed by atoms with Crippen LogP contribution in [0, 0.1) is 5.82 Å². The Hall–Kier alpha value is -3.91. The highest BCUT2D eigenvalue weighted by Crippen LogP contribution is 2.26. The number of benzene rings is 2. The lowest BCUT2D eigenvalue weighted by molar-refractivity contribution is -0.127. The molecule has 0 N–H and O–H groups in total. The predicted molar refractivity (Wildman–Crippen MR) is 131 cm³/mol. The van der Waals surface area contributed by atoms with Crippen LogP contribution in [-0.2, 0) is 11.3 Å². The first-order valence-electron chi connectivity index (χ1n) is 11.3. The van der Waals surface area contributed by atoms with Crippen molar-refractivity contribution in [3.63, 3.8) is 0 Å². The average Bonchev–Trinajstić information content (AvgIpc) is 2.89. The molecule has 0 radical (unpaired) electrons. The molecule has 8 heteroatoms. The van der Waals surface area contributed by atoms with Gasteiger partial charge >= 0.3 is 0 Å². The minimum absolute atomic E-state index is 0.0975. The van der Waals surface area contributed by atoms with Gasteiger partial charge in [-0.25, -0.2) is 4.39 Å². The van der Waals surface area contributed by atoms with Crippen LogP contribution in [0.1, 0.15) is 11.1 Å². The van der Waals surface area contributed by atoms with Crippen LogP contribution in [0.2, 0.25) is 0 Å². The molecular formula is C27H28FN3O4. The maximum Gasteiger partial charge on any atom is 0.246 e. The van der Waals surface area contributed by atoms with Crippen molar-refractivity contribution in [1.82, 2.24) is 14.8 Å². The number of carbonyl (C=O) groups is 1. The lowest BCUT2D eigenvalue weighted by Crippen LogP contribution is -2.47. The van der Waals surface area contributed by atoms with Crippen molar-refractivity contribution in [2.45, 2.75) is 6.54 Å². The lowest BCUT2D eigenvalue weighted by atomic mass is 10.1. The second-order valence-corrected chi connectivity index (χ2v) is 8.09. The molecule has 0 saturated carbocycles. The number of hydrogen-bond donors (Lipinski definition) is 0. The van der Waals surface area contributed by atoms with Gasteiger partial charge in [0, 0.05) is 50.6 Å². The minimum atomic E-state index is -0.509. The Morgan fingerprint density at radius 3 is 2.49 bits per heavy atom. The standard InChI is InChI=1S/C27H28FN3O4/c1-33-22-7-9-25(34-2)21(17-22)19-30-12-14-31(15-13-30)27(32)10-6-20-5-8-26(24(28)16-20)35-23-4-3-11-29-18-23/h3-11,16-18H,12-15,19H2,1-2H3/b10-6+. The number of carbonyl (C=O) groups excluding carboxylic acids is 1. The molecule has 1 saturated heterocycles. The second kappa shape index (κ2) is 11.5. The second-order valence-electron chi connectivity index (χ2n) is 8.09. The predicted octanol–water partition coefficient (Wildman–Crippen LogP) is 4.39. The molecule has 0 aliphatic carbocycles. The van der Waals surface area contributed by atoms with Crippen LogP contribution in [-0.4, -0.2) is 61.1 Å². The lowest BCUT2D eigenvalue weighted by Gasteiger charge is -2.34. The monoisotopic (exact) mass is 477 g/mol. The molecule has 35 heavy (non-hydrogen) atoms. The summed E-state index contributed by atoms with van der Waals surface area (Å²) in [5, 5.41) is 0. The van der Waals surface area contributed by atoms with Crippen LogP contribution in [0.25, 0.3) is 6.08 Å². The molecule has 1 aromatic heterocycles. The Labute approximate surface area is 204 Å². The van der Waals surface area contributed by atoms with E-state index < -0.39 is 5.82 Å². The Kier molecular flexibility index (Phi) is 7.95. The van der Waals surface area contributed by atoms with Crippen LogP contribution in [0.15, 0.2) is 67.0 Å². The zero-order valence-electron chi connectivity index (χ0n) is 19.8. The molecule has 3 aromatic rings. The van der Waals surface area contributed by atoms with E-state index in [2.05, 4.69) is 9.88 Å². The van der Waals surface area contributed by atoms with Crippen molar-refractivity contribution in [3.05, 3.63) is 83.9 Å². The summed E-state index contributed by atoms with van der Waals surface area (Å²) < 4.78 is 30.8. The van der Waals surface area contributed by atoms with Crippen LogP contribution in [0.5, 0.6) is 23.0 Å². The fourth-order valence-electron chi connectivity index (χ4n) is 3.88. The third kappa shape index (κ3) is 6.36. The van der Waals surface area contributed by atoms with E-state index in [9.17, 15) is 9.18 Å². The minimum Gasteiger partial charge on any atom is -0.497 e. The highest BCUT2D eigenvalue weighted by atomic mass is 19.1. The van der Waals surface area contributed by atoms with Crippen LogP contribution < -0.4 is 14.2 Å². The highest BCUT2D eigenvalue weighted by molar-refractivity contribution is 5.91. The van der Waals surface area contributed by atoms with Gasteiger partial charge in [0.15, 0.2) is 11.6 Å². The van der Waals surface area contributed by atoms with Gasteiger partial charge in [0.05, 0.1) is 20.4 Å². The van der Waals surface area contributed by atoms with Gasteiger partial charge in [-0.2, -0.15) is 0 Å². The van der Waals surface area contributed by atoms with Gasteiger partial charge in [0.1, 0.15) is 17.2 Å². The van der Waals surface area contributed by atoms with Crippen molar-refractivity contribution in [2.24, 2.45) is 0 Å². The van der Waals surface area contributed by atoms with Gasteiger partial charge in [-0.15, -0.1) is 0 Å². The Balaban J connectivity index is 1.30. The number of pyridine rings is 1. The molecule has 0 spiro atoms. The molecule has 1 aliphatic heterocycles. The number of nitrogens with zero attached hydrogens (tertiary/aromatic N) is 3. The maximum absolute atomic E-state index is 14.4. The first kappa shape index (κ1) is 24.2. The fraction of sp³-hybridized carbons (Fsp3) is 0.259. The van der Waals surface area contributed by atoms with E-state index in [1.165, 1.54) is 24.4 Å². The zero-order chi connectivity index (χ0) is 24.6. The first-order valence-corrected chi connectivity index (χ1v) is 11.3. The quantitative estimate of drug-likeness (QED) is 0.449. The summed E-state index contributed by atoms with van der Waals surface area (Å²) in [6, 6.07) is 13.8. The summed E-state index contributed by atoms with van der Waals surface area (Å²) in [5.74, 6) is 1.55. The number of piperazine rings is 1. The maximum atomic E-state index is 14.4. The Morgan fingerprint density at radius 2 is 1.80 bits per heavy atom. The van der Waals surface area contributed by atoms with E-state index in [0.717, 1.165) is 30.2 Å². The van der Waals surface area contributed by atoms with Crippen molar-refractivity contribution in [1.29, 1.82) is 0 Å². The molecule has 0 bridgehead atoms. The van der Waals surface area contributed by atoms with E-state index in [1.54, 1.807) is 49.6 Å². The molecule has 4 rings (SSSR count). The molecule has 182 valence electrons. The molecule has 7 nitrogen and oxygen atoms in total. The van der Waals surface area contributed by atoms with Gasteiger partial charge in [-0.3, -0.25) is 14.7 Å². The molecule has 0 atom stereocenters. The number of aromatic nitrogens is 1. The summed E-state index contributed by atoms with van der Waals surface area (Å²) in [5.41, 5.74) is 1.63. The molecule has 2 aromatic carbocycles. The summed E-state index contributed by atoms with van der Waals surface area (Å²) in [6.45, 7) is 3.43. The molecule has 2 heterocycles. The number of methoxy groups -OCH3 is 2. The zero-order valence-corrected chi connectivity index (χ0v) is 19.8. The number of halogens is 1. The summed E-state index contributed by atoms with van der Waals surface area (Å²) in [7, 11) is 3.30. The number of ether oxygens (including phenoxy) is 3. The summed E-state index contributed by atoms with van der Waals surface area (Å²) in [6.07, 6.45) is 6.23. The van der Waals surface area contributed by atoms with E-state index in [0.29, 0.717) is 30.9 Å². The summed E-state index contributed by atoms with van der Waals surface area (Å²) in [4.78, 5) is 20.7. The molecule has 1 amide bonds. The van der Waals surface area contributed by atoms with Gasteiger partial charge < -0.3 is 19.1 Å². The third-order valence-corrected chi connectivity index (χ3v) is 5.80. The van der Waals surface area contributed by atoms with Gasteiger partial charge in [-0.05, 0) is 54.1 Å². The van der Waals surface area contributed by atoms with Gasteiger partial charge in [-0.1, -0.05) is 6.07 Å². The average molecular weight is 478 g/mol. The highest BCUT2D eigenvalue weighted by Gasteiger charge is 2.21. The van der Waals surface area contributed by atoms with Crippen molar-refractivity contribution in [2.75, 3.05) is 40.4 Å².